The van der Waals surface area contributed by atoms with Crippen LogP contribution < -0.4 is 0 Å². The van der Waals surface area contributed by atoms with Crippen molar-refractivity contribution in [3.05, 3.63) is 41.0 Å². The summed E-state index contributed by atoms with van der Waals surface area (Å²) in [5, 5.41) is 10.0. The average molecular weight is 325 g/mol. The van der Waals surface area contributed by atoms with Gasteiger partial charge in [-0.1, -0.05) is 17.7 Å². The number of fused-ring (bicyclic) bond motifs is 1. The Morgan fingerprint density at radius 3 is 2.96 bits per heavy atom. The average Bonchev–Trinajstić information content (AvgIpc) is 2.54. The summed E-state index contributed by atoms with van der Waals surface area (Å²) in [6.07, 6.45) is 6.79. The summed E-state index contributed by atoms with van der Waals surface area (Å²) in [6, 6.07) is 6.37. The SMILES string of the molecule is CC(C)=CCN1CC[C@]23CCC(=O)C[C@H]2[C@H]1Cc1ccc(O)cc13. The van der Waals surface area contributed by atoms with Crippen molar-refractivity contribution in [1.29, 1.82) is 0 Å². The zero-order chi connectivity index (χ0) is 16.9. The van der Waals surface area contributed by atoms with Gasteiger partial charge in [0, 0.05) is 30.8 Å². The molecule has 3 heteroatoms. The molecule has 1 aliphatic heterocycles. The second kappa shape index (κ2) is 5.73. The maximum atomic E-state index is 12.2. The topological polar surface area (TPSA) is 40.5 Å². The minimum atomic E-state index is 0.104. The number of likely N-dealkylation sites (tertiary alicyclic amines) is 1. The Balaban J connectivity index is 1.77. The number of ketones is 1. The van der Waals surface area contributed by atoms with Crippen LogP contribution in [0, 0.1) is 5.92 Å². The van der Waals surface area contributed by atoms with Crippen molar-refractivity contribution in [2.45, 2.75) is 57.4 Å². The first-order chi connectivity index (χ1) is 11.5. The van der Waals surface area contributed by atoms with Gasteiger partial charge in [0.25, 0.3) is 0 Å². The number of allylic oxidation sites excluding steroid dienone is 1. The van der Waals surface area contributed by atoms with E-state index in [1.54, 1.807) is 0 Å². The Morgan fingerprint density at radius 1 is 1.33 bits per heavy atom. The molecule has 1 aromatic carbocycles. The number of hydrogen-bond acceptors (Lipinski definition) is 3. The fraction of sp³-hybridized carbons (Fsp3) is 0.571. The van der Waals surface area contributed by atoms with Gasteiger partial charge in [-0.15, -0.1) is 0 Å². The molecule has 128 valence electrons. The molecule has 1 saturated carbocycles. The first-order valence-corrected chi connectivity index (χ1v) is 9.21. The third-order valence-corrected chi connectivity index (χ3v) is 6.58. The van der Waals surface area contributed by atoms with Crippen molar-refractivity contribution in [2.75, 3.05) is 13.1 Å². The van der Waals surface area contributed by atoms with E-state index in [0.717, 1.165) is 32.4 Å². The first-order valence-electron chi connectivity index (χ1n) is 9.21. The molecule has 1 saturated heterocycles. The molecular weight excluding hydrogens is 298 g/mol. The van der Waals surface area contributed by atoms with Crippen LogP contribution in [-0.4, -0.2) is 34.9 Å². The molecule has 0 amide bonds. The van der Waals surface area contributed by atoms with Crippen LogP contribution in [0.1, 0.15) is 50.7 Å². The number of rotatable bonds is 2. The van der Waals surface area contributed by atoms with E-state index in [-0.39, 0.29) is 5.41 Å². The molecule has 2 fully saturated rings. The van der Waals surface area contributed by atoms with E-state index in [4.69, 9.17) is 0 Å². The third-order valence-electron chi connectivity index (χ3n) is 6.58. The number of carbonyl (C=O) groups excluding carboxylic acids is 1. The summed E-state index contributed by atoms with van der Waals surface area (Å²) >= 11 is 0. The zero-order valence-corrected chi connectivity index (χ0v) is 14.7. The standard InChI is InChI=1S/C21H27NO2/c1-14(2)6-9-22-10-8-21-7-5-17(24)13-19(21)20(22)11-15-3-4-16(23)12-18(15)21/h3-4,6,12,19-20,23H,5,7-11,13H2,1-2H3/t19-,20+,21-/m0/s1. The van der Waals surface area contributed by atoms with E-state index in [9.17, 15) is 9.90 Å². The maximum Gasteiger partial charge on any atom is 0.133 e. The van der Waals surface area contributed by atoms with Crippen molar-refractivity contribution < 1.29 is 9.90 Å². The normalized spacial score (nSPS) is 32.0. The molecule has 3 aliphatic rings. The van der Waals surface area contributed by atoms with Crippen molar-refractivity contribution in [3.63, 3.8) is 0 Å². The Bertz CT molecular complexity index is 704. The molecule has 4 rings (SSSR count). The first kappa shape index (κ1) is 15.9. The minimum absolute atomic E-state index is 0.104. The van der Waals surface area contributed by atoms with E-state index in [1.807, 2.05) is 12.1 Å². The lowest BCUT2D eigenvalue weighted by Gasteiger charge is -2.58. The maximum absolute atomic E-state index is 12.2. The molecule has 1 N–H and O–H groups in total. The molecule has 1 heterocycles. The predicted octanol–water partition coefficient (Wildman–Crippen LogP) is 3.60. The highest BCUT2D eigenvalue weighted by Gasteiger charge is 2.55. The van der Waals surface area contributed by atoms with Gasteiger partial charge in [0.2, 0.25) is 0 Å². The van der Waals surface area contributed by atoms with E-state index < -0.39 is 0 Å². The molecule has 3 nitrogen and oxygen atoms in total. The van der Waals surface area contributed by atoms with Crippen LogP contribution in [-0.2, 0) is 16.6 Å². The van der Waals surface area contributed by atoms with Crippen LogP contribution in [0.3, 0.4) is 0 Å². The lowest BCUT2D eigenvalue weighted by atomic mass is 9.52. The Labute approximate surface area is 144 Å². The summed E-state index contributed by atoms with van der Waals surface area (Å²) in [7, 11) is 0. The molecule has 0 unspecified atom stereocenters. The van der Waals surface area contributed by atoms with Crippen LogP contribution in [0.5, 0.6) is 5.75 Å². The number of aromatic hydroxyl groups is 1. The predicted molar refractivity (Wildman–Crippen MR) is 95.2 cm³/mol. The zero-order valence-electron chi connectivity index (χ0n) is 14.7. The minimum Gasteiger partial charge on any atom is -0.508 e. The molecule has 24 heavy (non-hydrogen) atoms. The number of phenolic OH excluding ortho intramolecular Hbond substituents is 1. The van der Waals surface area contributed by atoms with E-state index in [2.05, 4.69) is 30.9 Å². The van der Waals surface area contributed by atoms with Gasteiger partial charge in [0.15, 0.2) is 0 Å². The second-order valence-electron chi connectivity index (χ2n) is 8.14. The largest absolute Gasteiger partial charge is 0.508 e. The second-order valence-corrected chi connectivity index (χ2v) is 8.14. The highest BCUT2D eigenvalue weighted by molar-refractivity contribution is 5.80. The third kappa shape index (κ3) is 2.41. The van der Waals surface area contributed by atoms with Crippen LogP contribution in [0.15, 0.2) is 29.8 Å². The van der Waals surface area contributed by atoms with Gasteiger partial charge in [-0.05, 0) is 68.8 Å². The number of nitrogens with zero attached hydrogens (tertiary/aromatic N) is 1. The van der Waals surface area contributed by atoms with E-state index in [0.29, 0.717) is 36.3 Å². The Morgan fingerprint density at radius 2 is 2.17 bits per heavy atom. The van der Waals surface area contributed by atoms with Crippen molar-refractivity contribution in [2.24, 2.45) is 5.92 Å². The summed E-state index contributed by atoms with van der Waals surface area (Å²) in [4.78, 5) is 14.8. The van der Waals surface area contributed by atoms with Crippen molar-refractivity contribution >= 4 is 5.78 Å². The number of benzene rings is 1. The molecule has 0 aromatic heterocycles. The molecule has 1 aromatic rings. The number of carbonyl (C=O) groups is 1. The van der Waals surface area contributed by atoms with Gasteiger partial charge in [0.1, 0.15) is 11.5 Å². The fourth-order valence-electron chi connectivity index (χ4n) is 5.37. The Kier molecular flexibility index (Phi) is 3.80. The summed E-state index contributed by atoms with van der Waals surface area (Å²) in [5.41, 5.74) is 4.17. The van der Waals surface area contributed by atoms with Crippen molar-refractivity contribution in [3.8, 4) is 5.75 Å². The van der Waals surface area contributed by atoms with E-state index in [1.165, 1.54) is 16.7 Å². The summed E-state index contributed by atoms with van der Waals surface area (Å²) < 4.78 is 0. The monoisotopic (exact) mass is 325 g/mol. The van der Waals surface area contributed by atoms with Crippen LogP contribution in [0.2, 0.25) is 0 Å². The quantitative estimate of drug-likeness (QED) is 0.845. The van der Waals surface area contributed by atoms with Gasteiger partial charge in [-0.2, -0.15) is 0 Å². The van der Waals surface area contributed by atoms with Crippen LogP contribution in [0.4, 0.5) is 0 Å². The number of phenols is 1. The lowest BCUT2D eigenvalue weighted by molar-refractivity contribution is -0.127. The smallest absolute Gasteiger partial charge is 0.133 e. The van der Waals surface area contributed by atoms with E-state index >= 15 is 0 Å². The summed E-state index contributed by atoms with van der Waals surface area (Å²) in [6.45, 7) is 6.38. The fourth-order valence-corrected chi connectivity index (χ4v) is 5.37. The lowest BCUT2D eigenvalue weighted by Crippen LogP contribution is -2.61. The van der Waals surface area contributed by atoms with Gasteiger partial charge in [-0.25, -0.2) is 0 Å². The van der Waals surface area contributed by atoms with Gasteiger partial charge >= 0.3 is 0 Å². The number of Topliss-reactive ketones (excluding diaryl/α,β-unsaturated/α-hetero) is 1. The van der Waals surface area contributed by atoms with Gasteiger partial charge in [-0.3, -0.25) is 9.69 Å². The molecule has 2 aliphatic carbocycles. The number of piperidine rings is 1. The number of hydrogen-bond donors (Lipinski definition) is 1. The van der Waals surface area contributed by atoms with Crippen molar-refractivity contribution in [1.82, 2.24) is 4.90 Å². The highest BCUT2D eigenvalue weighted by atomic mass is 16.3. The van der Waals surface area contributed by atoms with Crippen LogP contribution in [0.25, 0.3) is 0 Å². The molecule has 0 radical (unpaired) electrons. The molecule has 0 spiro atoms. The molecular formula is C21H27NO2. The Hall–Kier alpha value is -1.61. The molecule has 2 bridgehead atoms. The van der Waals surface area contributed by atoms with Crippen LogP contribution >= 0.6 is 0 Å². The highest BCUT2D eigenvalue weighted by Crippen LogP contribution is 2.55. The van der Waals surface area contributed by atoms with Gasteiger partial charge in [0.05, 0.1) is 0 Å². The summed E-state index contributed by atoms with van der Waals surface area (Å²) in [5.74, 6) is 1.20. The van der Waals surface area contributed by atoms with Gasteiger partial charge < -0.3 is 5.11 Å². The molecule has 3 atom stereocenters.